The number of hydrogen-bond acceptors (Lipinski definition) is 4. The zero-order valence-electron chi connectivity index (χ0n) is 23.1. The number of rotatable bonds is 8. The summed E-state index contributed by atoms with van der Waals surface area (Å²) in [6.45, 7) is 18.2. The molecule has 3 rings (SSSR count). The van der Waals surface area contributed by atoms with E-state index in [1.807, 2.05) is 6.92 Å². The van der Waals surface area contributed by atoms with Gasteiger partial charge in [0.1, 0.15) is 6.61 Å². The van der Waals surface area contributed by atoms with Crippen molar-refractivity contribution in [3.05, 3.63) is 47.1 Å². The van der Waals surface area contributed by atoms with E-state index in [-0.39, 0.29) is 10.8 Å². The van der Waals surface area contributed by atoms with Crippen LogP contribution in [-0.2, 0) is 4.84 Å². The largest absolute Gasteiger partial charge is 0.396 e. The van der Waals surface area contributed by atoms with Gasteiger partial charge in [-0.2, -0.15) is 0 Å². The molecule has 35 heavy (non-hydrogen) atoms. The van der Waals surface area contributed by atoms with E-state index < -0.39 is 12.2 Å². The second-order valence-electron chi connectivity index (χ2n) is 12.3. The van der Waals surface area contributed by atoms with Crippen LogP contribution in [0.3, 0.4) is 0 Å². The molecule has 0 amide bonds. The lowest BCUT2D eigenvalue weighted by Crippen LogP contribution is -2.32. The summed E-state index contributed by atoms with van der Waals surface area (Å²) >= 11 is 0. The molecule has 3 aliphatic rings. The van der Waals surface area contributed by atoms with Crippen molar-refractivity contribution >= 4 is 5.71 Å². The fraction of sp³-hybridized carbons (Fsp3) is 0.710. The van der Waals surface area contributed by atoms with Gasteiger partial charge in [-0.3, -0.25) is 0 Å². The number of aliphatic hydroxyl groups excluding tert-OH is 2. The Labute approximate surface area is 213 Å². The van der Waals surface area contributed by atoms with Crippen molar-refractivity contribution in [2.45, 2.75) is 112 Å². The van der Waals surface area contributed by atoms with Crippen molar-refractivity contribution in [1.29, 1.82) is 0 Å². The van der Waals surface area contributed by atoms with Crippen LogP contribution in [0.4, 0.5) is 0 Å². The Kier molecular flexibility index (Phi) is 9.26. The molecule has 0 saturated heterocycles. The second-order valence-corrected chi connectivity index (χ2v) is 12.3. The number of nitrogens with zero attached hydrogens (tertiary/aromatic N) is 1. The maximum atomic E-state index is 10.2. The third-order valence-corrected chi connectivity index (χ3v) is 8.63. The zero-order chi connectivity index (χ0) is 25.8. The van der Waals surface area contributed by atoms with Crippen LogP contribution in [0.2, 0.25) is 0 Å². The van der Waals surface area contributed by atoms with E-state index in [1.165, 1.54) is 24.8 Å². The van der Waals surface area contributed by atoms with Gasteiger partial charge in [0.15, 0.2) is 0 Å². The van der Waals surface area contributed by atoms with Crippen LogP contribution >= 0.6 is 0 Å². The predicted octanol–water partition coefficient (Wildman–Crippen LogP) is 7.29. The van der Waals surface area contributed by atoms with Crippen LogP contribution in [0.5, 0.6) is 0 Å². The summed E-state index contributed by atoms with van der Waals surface area (Å²) in [4.78, 5) is 5.40. The maximum absolute atomic E-state index is 10.2. The summed E-state index contributed by atoms with van der Waals surface area (Å²) < 4.78 is 0. The first-order valence-electron chi connectivity index (χ1n) is 13.8. The second kappa shape index (κ2) is 11.6. The van der Waals surface area contributed by atoms with Crippen LogP contribution in [-0.4, -0.2) is 34.7 Å². The van der Waals surface area contributed by atoms with Crippen molar-refractivity contribution in [1.82, 2.24) is 0 Å². The van der Waals surface area contributed by atoms with Gasteiger partial charge in [0, 0.05) is 11.8 Å². The SMILES string of the molecule is C=C1C(=CC=C2CCC[C@]3(C)C([C@H](C)CCCC(=NOCC)C(C)(C)C)=CC[C@@H]23)C[C@@H](O)C[C@@H]1O. The first-order valence-corrected chi connectivity index (χ1v) is 13.8. The number of hydrogen-bond donors (Lipinski definition) is 2. The van der Waals surface area contributed by atoms with Crippen LogP contribution in [0.15, 0.2) is 52.3 Å². The third kappa shape index (κ3) is 6.57. The Hall–Kier alpha value is -1.65. The molecule has 2 saturated carbocycles. The summed E-state index contributed by atoms with van der Waals surface area (Å²) in [6, 6.07) is 0. The highest BCUT2D eigenvalue weighted by atomic mass is 16.6. The van der Waals surface area contributed by atoms with Crippen LogP contribution < -0.4 is 0 Å². The highest BCUT2D eigenvalue weighted by Crippen LogP contribution is 2.57. The lowest BCUT2D eigenvalue weighted by molar-refractivity contribution is 0.0862. The van der Waals surface area contributed by atoms with E-state index in [1.54, 1.807) is 5.57 Å². The van der Waals surface area contributed by atoms with Gasteiger partial charge < -0.3 is 15.1 Å². The van der Waals surface area contributed by atoms with Crippen molar-refractivity contribution in [3.63, 3.8) is 0 Å². The van der Waals surface area contributed by atoms with Crippen molar-refractivity contribution in [3.8, 4) is 0 Å². The molecule has 0 aromatic carbocycles. The molecule has 2 N–H and O–H groups in total. The average Bonchev–Trinajstić information content (AvgIpc) is 3.14. The smallest absolute Gasteiger partial charge is 0.114 e. The molecule has 0 unspecified atom stereocenters. The number of fused-ring (bicyclic) bond motifs is 1. The Morgan fingerprint density at radius 1 is 1.31 bits per heavy atom. The monoisotopic (exact) mass is 483 g/mol. The molecule has 0 spiro atoms. The minimum Gasteiger partial charge on any atom is -0.396 e. The quantitative estimate of drug-likeness (QED) is 0.216. The highest BCUT2D eigenvalue weighted by Gasteiger charge is 2.45. The molecule has 0 aromatic heterocycles. The summed E-state index contributed by atoms with van der Waals surface area (Å²) in [5.41, 5.74) is 6.36. The molecule has 0 radical (unpaired) electrons. The van der Waals surface area contributed by atoms with Gasteiger partial charge in [0.05, 0.1) is 17.9 Å². The normalized spacial score (nSPS) is 33.1. The summed E-state index contributed by atoms with van der Waals surface area (Å²) in [7, 11) is 0. The fourth-order valence-electron chi connectivity index (χ4n) is 6.51. The molecular formula is C31H49NO3. The maximum Gasteiger partial charge on any atom is 0.114 e. The van der Waals surface area contributed by atoms with Crippen molar-refractivity contribution in [2.24, 2.45) is 27.8 Å². The molecule has 0 aromatic rings. The summed E-state index contributed by atoms with van der Waals surface area (Å²) in [6.07, 6.45) is 14.9. The van der Waals surface area contributed by atoms with Gasteiger partial charge in [-0.15, -0.1) is 0 Å². The molecular weight excluding hydrogens is 434 g/mol. The Morgan fingerprint density at radius 2 is 2.06 bits per heavy atom. The molecule has 196 valence electrons. The summed E-state index contributed by atoms with van der Waals surface area (Å²) in [5.74, 6) is 1.13. The van der Waals surface area contributed by atoms with E-state index >= 15 is 0 Å². The number of oxime groups is 1. The predicted molar refractivity (Wildman–Crippen MR) is 146 cm³/mol. The standard InChI is InChI=1S/C31H49NO3/c1-8-35-32-29(30(4,5)6)13-9-11-21(2)26-16-17-27-23(12-10-18-31(26,27)7)14-15-24-19-25(33)20-28(34)22(24)3/h14-16,21,25,27-28,33-34H,3,8-13,17-20H2,1-2,4-7H3/t21-,25-,27+,28+,31-/m1/s1. The van der Waals surface area contributed by atoms with Crippen molar-refractivity contribution in [2.75, 3.05) is 6.61 Å². The van der Waals surface area contributed by atoms with Gasteiger partial charge in [-0.1, -0.05) is 75.7 Å². The van der Waals surface area contributed by atoms with Crippen LogP contribution in [0, 0.1) is 22.7 Å². The van der Waals surface area contributed by atoms with Gasteiger partial charge in [0.25, 0.3) is 0 Å². The van der Waals surface area contributed by atoms with E-state index in [0.717, 1.165) is 42.5 Å². The van der Waals surface area contributed by atoms with Gasteiger partial charge in [-0.05, 0) is 86.7 Å². The van der Waals surface area contributed by atoms with Crippen molar-refractivity contribution < 1.29 is 15.1 Å². The molecule has 0 heterocycles. The molecule has 4 nitrogen and oxygen atoms in total. The first kappa shape index (κ1) is 27.9. The number of allylic oxidation sites excluding steroid dienone is 5. The van der Waals surface area contributed by atoms with Crippen LogP contribution in [0.1, 0.15) is 99.3 Å². The van der Waals surface area contributed by atoms with E-state index in [2.05, 4.69) is 64.6 Å². The molecule has 0 bridgehead atoms. The van der Waals surface area contributed by atoms with Gasteiger partial charge >= 0.3 is 0 Å². The molecule has 0 aliphatic heterocycles. The van der Waals surface area contributed by atoms with Gasteiger partial charge in [0.2, 0.25) is 0 Å². The lowest BCUT2D eigenvalue weighted by atomic mass is 9.62. The van der Waals surface area contributed by atoms with E-state index in [9.17, 15) is 10.2 Å². The minimum absolute atomic E-state index is 0.0371. The molecule has 5 atom stereocenters. The first-order chi connectivity index (χ1) is 16.5. The van der Waals surface area contributed by atoms with E-state index in [0.29, 0.717) is 31.3 Å². The fourth-order valence-corrected chi connectivity index (χ4v) is 6.51. The Balaban J connectivity index is 1.66. The topological polar surface area (TPSA) is 62.0 Å². The average molecular weight is 484 g/mol. The number of aliphatic hydroxyl groups is 2. The minimum atomic E-state index is -0.627. The zero-order valence-corrected chi connectivity index (χ0v) is 23.1. The summed E-state index contributed by atoms with van der Waals surface area (Å²) in [5, 5.41) is 24.7. The highest BCUT2D eigenvalue weighted by molar-refractivity contribution is 5.88. The molecule has 3 aliphatic carbocycles. The molecule has 2 fully saturated rings. The Morgan fingerprint density at radius 3 is 2.74 bits per heavy atom. The van der Waals surface area contributed by atoms with Crippen LogP contribution in [0.25, 0.3) is 0 Å². The molecule has 4 heteroatoms. The van der Waals surface area contributed by atoms with Gasteiger partial charge in [-0.25, -0.2) is 0 Å². The third-order valence-electron chi connectivity index (χ3n) is 8.63. The Bertz CT molecular complexity index is 887. The lowest BCUT2D eigenvalue weighted by Gasteiger charge is -2.42. The van der Waals surface area contributed by atoms with E-state index in [4.69, 9.17) is 4.84 Å².